The molecule has 0 heterocycles. The van der Waals surface area contributed by atoms with Crippen molar-refractivity contribution >= 4 is 0 Å². The Morgan fingerprint density at radius 2 is 0.667 bits per heavy atom. The third kappa shape index (κ3) is 38.9. The van der Waals surface area contributed by atoms with Gasteiger partial charge in [0.2, 0.25) is 0 Å². The van der Waals surface area contributed by atoms with E-state index in [2.05, 4.69) is 0 Å². The Morgan fingerprint density at radius 1 is 0.667 bits per heavy atom. The minimum atomic E-state index is 0. The van der Waals surface area contributed by atoms with E-state index in [1.54, 1.807) is 0 Å². The molecule has 0 fully saturated rings. The van der Waals surface area contributed by atoms with Crippen molar-refractivity contribution in [2.45, 2.75) is 13.8 Å². The monoisotopic (exact) mass is 110 g/mol. The smallest absolute Gasteiger partial charge is 0.344 e. The molecule has 0 aliphatic carbocycles. The number of hydrogen-bond acceptors (Lipinski definition) is 2. The summed E-state index contributed by atoms with van der Waals surface area (Å²) in [5.74, 6) is 0. The zero-order valence-corrected chi connectivity index (χ0v) is 9.41. The van der Waals surface area contributed by atoms with Gasteiger partial charge in [0.25, 0.3) is 0 Å². The van der Waals surface area contributed by atoms with E-state index in [0.29, 0.717) is 0 Å². The Bertz CT molecular complexity index is 9.51. The molecule has 6 N–H and O–H groups in total. The van der Waals surface area contributed by atoms with Crippen LogP contribution in [0.15, 0.2) is 0 Å². The van der Waals surface area contributed by atoms with Crippen molar-refractivity contribution in [2.75, 3.05) is 0 Å². The molecule has 0 amide bonds. The van der Waals surface area contributed by atoms with Crippen LogP contribution in [0.25, 0.3) is 0 Å². The third-order valence-electron chi connectivity index (χ3n) is 0. The summed E-state index contributed by atoms with van der Waals surface area (Å²) in [5.41, 5.74) is 0. The molecule has 0 bridgehead atoms. The Hall–Kier alpha value is 1.92. The Morgan fingerprint density at radius 3 is 0.667 bits per heavy atom. The molecule has 6 heavy (non-hydrogen) atoms. The summed E-state index contributed by atoms with van der Waals surface area (Å²) in [6, 6.07) is 0. The summed E-state index contributed by atoms with van der Waals surface area (Å²) >= 11 is 0. The fourth-order valence-corrected chi connectivity index (χ4v) is 0. The second-order valence-corrected chi connectivity index (χ2v) is 0. The maximum absolute atomic E-state index is 2.00. The van der Waals surface area contributed by atoms with Crippen molar-refractivity contribution in [3.8, 4) is 0 Å². The average molecular weight is 110 g/mol. The topological polar surface area (TPSA) is 70.0 Å². The van der Waals surface area contributed by atoms with Crippen LogP contribution in [0.1, 0.15) is 13.8 Å². The van der Waals surface area contributed by atoms with E-state index in [-0.39, 0.29) is 71.4 Å². The Balaban J connectivity index is -0.000000000833. The van der Waals surface area contributed by atoms with Gasteiger partial charge in [0.1, 0.15) is 0 Å². The van der Waals surface area contributed by atoms with Crippen LogP contribution in [0.4, 0.5) is 0 Å². The van der Waals surface area contributed by atoms with E-state index < -0.39 is 0 Å². The van der Waals surface area contributed by atoms with Gasteiger partial charge in [-0.3, -0.25) is 0 Å². The van der Waals surface area contributed by atoms with E-state index in [1.807, 2.05) is 13.8 Å². The van der Waals surface area contributed by atoms with E-state index in [9.17, 15) is 0 Å². The Kier molecular flexibility index (Phi) is 488. The second kappa shape index (κ2) is 65.8. The molecule has 0 aliphatic heterocycles. The molecule has 0 aromatic rings. The van der Waals surface area contributed by atoms with Gasteiger partial charge in [0, 0.05) is 0 Å². The molecule has 0 rings (SSSR count). The van der Waals surface area contributed by atoms with E-state index >= 15 is 0 Å². The molecule has 2 nitrogen and oxygen atoms in total. The van der Waals surface area contributed by atoms with Crippen LogP contribution in [-0.4, -0.2) is 0 Å². The number of hydrogen-bond donors (Lipinski definition) is 2. The fourth-order valence-electron chi connectivity index (χ4n) is 0. The van der Waals surface area contributed by atoms with Crippen molar-refractivity contribution in [1.82, 2.24) is 12.3 Å². The van der Waals surface area contributed by atoms with Crippen molar-refractivity contribution < 1.29 is 59.1 Å². The molecule has 0 saturated carbocycles. The summed E-state index contributed by atoms with van der Waals surface area (Å²) in [7, 11) is 0. The molecular weight excluding hydrogens is 98.0 g/mol. The first-order chi connectivity index (χ1) is 1.00. The predicted octanol–water partition coefficient (Wildman–Crippen LogP) is -4.64. The summed E-state index contributed by atoms with van der Waals surface area (Å²) in [6.07, 6.45) is 0. The van der Waals surface area contributed by atoms with Crippen molar-refractivity contribution in [3.63, 3.8) is 0 Å². The molecular formula is C2H12N2Na2+2. The largest absolute Gasteiger partial charge is 1.00 e. The quantitative estimate of drug-likeness (QED) is 0.308. The fraction of sp³-hybridized carbons (Fsp3) is 1.00. The van der Waals surface area contributed by atoms with Crippen LogP contribution in [-0.2, 0) is 0 Å². The van der Waals surface area contributed by atoms with Crippen LogP contribution in [0.5, 0.6) is 0 Å². The molecule has 0 aliphatic rings. The minimum absolute atomic E-state index is 0. The van der Waals surface area contributed by atoms with Gasteiger partial charge in [-0.05, 0) is 0 Å². The first-order valence-electron chi connectivity index (χ1n) is 1.00. The molecule has 0 aromatic carbocycles. The number of rotatable bonds is 0. The van der Waals surface area contributed by atoms with Gasteiger partial charge in [-0.25, -0.2) is 0 Å². The van der Waals surface area contributed by atoms with Crippen LogP contribution in [0, 0.1) is 0 Å². The van der Waals surface area contributed by atoms with Gasteiger partial charge in [0.05, 0.1) is 0 Å². The van der Waals surface area contributed by atoms with Crippen LogP contribution >= 0.6 is 0 Å². The first-order valence-corrected chi connectivity index (χ1v) is 1.00. The summed E-state index contributed by atoms with van der Waals surface area (Å²) in [6.45, 7) is 4.00. The van der Waals surface area contributed by atoms with Crippen LogP contribution in [0.3, 0.4) is 0 Å². The van der Waals surface area contributed by atoms with Gasteiger partial charge < -0.3 is 12.3 Å². The third-order valence-corrected chi connectivity index (χ3v) is 0. The van der Waals surface area contributed by atoms with E-state index in [4.69, 9.17) is 0 Å². The van der Waals surface area contributed by atoms with Crippen LogP contribution in [0.2, 0.25) is 0 Å². The molecule has 0 saturated heterocycles. The molecule has 0 aromatic heterocycles. The molecule has 0 atom stereocenters. The molecule has 0 unspecified atom stereocenters. The van der Waals surface area contributed by atoms with E-state index in [0.717, 1.165) is 0 Å². The zero-order chi connectivity index (χ0) is 2.00. The first kappa shape index (κ1) is 44.5. The standard InChI is InChI=1S/C2H6.2H3N.2Na/c1-2;;;;/h1-2H3;2*1H3;;/q;;;2*+1. The second-order valence-electron chi connectivity index (χ2n) is 0. The van der Waals surface area contributed by atoms with Crippen molar-refractivity contribution in [1.29, 1.82) is 0 Å². The van der Waals surface area contributed by atoms with Crippen LogP contribution < -0.4 is 71.4 Å². The SMILES string of the molecule is CC.N.N.[Na+].[Na+]. The average Bonchev–Trinajstić information content (AvgIpc) is 1.00. The molecule has 4 heteroatoms. The summed E-state index contributed by atoms with van der Waals surface area (Å²) < 4.78 is 0. The van der Waals surface area contributed by atoms with E-state index in [1.165, 1.54) is 0 Å². The Labute approximate surface area is 84.2 Å². The van der Waals surface area contributed by atoms with Gasteiger partial charge >= 0.3 is 59.1 Å². The predicted molar refractivity (Wildman–Crippen MR) is 21.4 cm³/mol. The maximum Gasteiger partial charge on any atom is 1.00 e. The summed E-state index contributed by atoms with van der Waals surface area (Å²) in [5, 5.41) is 0. The zero-order valence-electron chi connectivity index (χ0n) is 5.41. The van der Waals surface area contributed by atoms with Crippen molar-refractivity contribution in [2.24, 2.45) is 0 Å². The molecule has 0 radical (unpaired) electrons. The molecule has 0 spiro atoms. The van der Waals surface area contributed by atoms with Gasteiger partial charge in [0.15, 0.2) is 0 Å². The van der Waals surface area contributed by atoms with Gasteiger partial charge in [-0.1, -0.05) is 13.8 Å². The molecule has 30 valence electrons. The minimum Gasteiger partial charge on any atom is -0.344 e. The van der Waals surface area contributed by atoms with Gasteiger partial charge in [-0.15, -0.1) is 0 Å². The normalized spacial score (nSPS) is 1.00. The van der Waals surface area contributed by atoms with Gasteiger partial charge in [-0.2, -0.15) is 0 Å². The summed E-state index contributed by atoms with van der Waals surface area (Å²) in [4.78, 5) is 0. The van der Waals surface area contributed by atoms with Crippen molar-refractivity contribution in [3.05, 3.63) is 0 Å². The maximum atomic E-state index is 2.00.